The summed E-state index contributed by atoms with van der Waals surface area (Å²) in [5.41, 5.74) is 9.82. The molecule has 0 bridgehead atoms. The van der Waals surface area contributed by atoms with E-state index in [-0.39, 0.29) is 17.5 Å². The van der Waals surface area contributed by atoms with Gasteiger partial charge in [-0.15, -0.1) is 0 Å². The average Bonchev–Trinajstić information content (AvgIpc) is 2.72. The fraction of sp³-hybridized carbons (Fsp3) is 0.333. The van der Waals surface area contributed by atoms with Crippen molar-refractivity contribution in [2.75, 3.05) is 22.9 Å². The molecule has 174 valence electrons. The molecule has 0 unspecified atom stereocenters. The Balaban J connectivity index is 1.52. The van der Waals surface area contributed by atoms with Crippen LogP contribution in [0.25, 0.3) is 11.3 Å². The van der Waals surface area contributed by atoms with Crippen molar-refractivity contribution in [1.82, 2.24) is 20.3 Å². The van der Waals surface area contributed by atoms with Gasteiger partial charge in [0, 0.05) is 34.4 Å². The first-order valence-electron chi connectivity index (χ1n) is 10.8. The van der Waals surface area contributed by atoms with Crippen molar-refractivity contribution in [2.24, 2.45) is 0 Å². The number of carbonyl (C=O) groups excluding carboxylic acids is 1. The lowest BCUT2D eigenvalue weighted by molar-refractivity contribution is 0.244. The zero-order valence-corrected chi connectivity index (χ0v) is 20.1. The summed E-state index contributed by atoms with van der Waals surface area (Å²) in [5, 5.41) is 9.62. The summed E-state index contributed by atoms with van der Waals surface area (Å²) < 4.78 is 0. The van der Waals surface area contributed by atoms with Gasteiger partial charge in [0.25, 0.3) is 0 Å². The highest BCUT2D eigenvalue weighted by molar-refractivity contribution is 6.31. The standard InChI is InChI=1S/C24H30ClN7O/c1-15-18(8-5-9-19(15)25)20-13-21(31-22(26)30-20)27-12-6-7-16-10-11-17(14-28-16)29-23(33)32-24(2,3)4/h5,8-11,13-14H,6-7,12H2,1-4H3,(H2,29,32,33)(H3,26,27,30,31). The van der Waals surface area contributed by atoms with Gasteiger partial charge in [0.2, 0.25) is 5.95 Å². The molecule has 5 N–H and O–H groups in total. The second kappa shape index (κ2) is 10.5. The topological polar surface area (TPSA) is 118 Å². The molecule has 2 heterocycles. The second-order valence-corrected chi connectivity index (χ2v) is 9.21. The van der Waals surface area contributed by atoms with Gasteiger partial charge in [-0.05, 0) is 64.3 Å². The summed E-state index contributed by atoms with van der Waals surface area (Å²) in [5.74, 6) is 0.865. The van der Waals surface area contributed by atoms with E-state index in [4.69, 9.17) is 17.3 Å². The molecule has 9 heteroatoms. The van der Waals surface area contributed by atoms with Gasteiger partial charge in [-0.1, -0.05) is 23.7 Å². The van der Waals surface area contributed by atoms with Crippen molar-refractivity contribution < 1.29 is 4.79 Å². The lowest BCUT2D eigenvalue weighted by Crippen LogP contribution is -2.43. The van der Waals surface area contributed by atoms with E-state index >= 15 is 0 Å². The molecule has 8 nitrogen and oxygen atoms in total. The molecule has 0 saturated carbocycles. The van der Waals surface area contributed by atoms with Crippen LogP contribution in [-0.4, -0.2) is 33.1 Å². The number of nitrogens with two attached hydrogens (primary N) is 1. The number of carbonyl (C=O) groups is 1. The summed E-state index contributed by atoms with van der Waals surface area (Å²) in [4.78, 5) is 25.0. The SMILES string of the molecule is Cc1c(Cl)cccc1-c1cc(NCCCc2ccc(NC(=O)NC(C)(C)C)cn2)nc(N)n1. The molecule has 1 aromatic carbocycles. The predicted molar refractivity (Wildman–Crippen MR) is 135 cm³/mol. The number of aromatic nitrogens is 3. The minimum atomic E-state index is -0.299. The first-order chi connectivity index (χ1) is 15.6. The van der Waals surface area contributed by atoms with Crippen molar-refractivity contribution in [3.63, 3.8) is 0 Å². The number of nitrogens with one attached hydrogen (secondary N) is 3. The minimum absolute atomic E-state index is 0.203. The van der Waals surface area contributed by atoms with Crippen LogP contribution in [0.3, 0.4) is 0 Å². The van der Waals surface area contributed by atoms with Gasteiger partial charge in [-0.25, -0.2) is 9.78 Å². The molecule has 0 atom stereocenters. The first kappa shape index (κ1) is 24.3. The fourth-order valence-corrected chi connectivity index (χ4v) is 3.39. The van der Waals surface area contributed by atoms with E-state index < -0.39 is 0 Å². The van der Waals surface area contributed by atoms with E-state index in [9.17, 15) is 4.79 Å². The molecule has 2 amide bonds. The Morgan fingerprint density at radius 2 is 1.94 bits per heavy atom. The molecule has 3 rings (SSSR count). The first-order valence-corrected chi connectivity index (χ1v) is 11.2. The number of hydrogen-bond donors (Lipinski definition) is 4. The Morgan fingerprint density at radius 3 is 2.64 bits per heavy atom. The van der Waals surface area contributed by atoms with Crippen molar-refractivity contribution in [1.29, 1.82) is 0 Å². The normalized spacial score (nSPS) is 11.2. The Kier molecular flexibility index (Phi) is 7.71. The maximum absolute atomic E-state index is 11.9. The van der Waals surface area contributed by atoms with E-state index in [2.05, 4.69) is 30.9 Å². The summed E-state index contributed by atoms with van der Waals surface area (Å²) in [6, 6.07) is 11.1. The van der Waals surface area contributed by atoms with Crippen LogP contribution < -0.4 is 21.7 Å². The van der Waals surface area contributed by atoms with E-state index in [1.54, 1.807) is 6.20 Å². The number of urea groups is 1. The lowest BCUT2D eigenvalue weighted by atomic mass is 10.1. The van der Waals surface area contributed by atoms with Crippen molar-refractivity contribution in [3.05, 3.63) is 58.9 Å². The molecule has 33 heavy (non-hydrogen) atoms. The smallest absolute Gasteiger partial charge is 0.319 e. The van der Waals surface area contributed by atoms with E-state index in [1.165, 1.54) is 0 Å². The molecule has 3 aromatic rings. The van der Waals surface area contributed by atoms with Crippen LogP contribution in [0.15, 0.2) is 42.6 Å². The van der Waals surface area contributed by atoms with Gasteiger partial charge in [-0.2, -0.15) is 4.98 Å². The van der Waals surface area contributed by atoms with Crippen molar-refractivity contribution >= 4 is 35.1 Å². The minimum Gasteiger partial charge on any atom is -0.370 e. The highest BCUT2D eigenvalue weighted by Gasteiger charge is 2.13. The Bertz CT molecular complexity index is 1110. The van der Waals surface area contributed by atoms with Crippen LogP contribution in [0.4, 0.5) is 22.2 Å². The number of aryl methyl sites for hydroxylation is 1. The van der Waals surface area contributed by atoms with Crippen LogP contribution in [0.1, 0.15) is 38.4 Å². The van der Waals surface area contributed by atoms with E-state index in [0.29, 0.717) is 23.1 Å². The third-order valence-corrected chi connectivity index (χ3v) is 5.18. The predicted octanol–water partition coefficient (Wildman–Crippen LogP) is 5.05. The molecule has 0 aliphatic rings. The molecule has 2 aromatic heterocycles. The number of anilines is 3. The highest BCUT2D eigenvalue weighted by atomic mass is 35.5. The number of halogens is 1. The third kappa shape index (κ3) is 7.32. The third-order valence-electron chi connectivity index (χ3n) is 4.77. The molecule has 0 aliphatic heterocycles. The maximum atomic E-state index is 11.9. The monoisotopic (exact) mass is 467 g/mol. The Hall–Kier alpha value is -3.39. The lowest BCUT2D eigenvalue weighted by Gasteiger charge is -2.20. The van der Waals surface area contributed by atoms with Gasteiger partial charge in [0.05, 0.1) is 17.6 Å². The number of benzene rings is 1. The molecule has 0 saturated heterocycles. The number of pyridine rings is 1. The van der Waals surface area contributed by atoms with E-state index in [0.717, 1.165) is 35.4 Å². The Morgan fingerprint density at radius 1 is 1.15 bits per heavy atom. The molecular weight excluding hydrogens is 438 g/mol. The summed E-state index contributed by atoms with van der Waals surface area (Å²) in [7, 11) is 0. The number of nitrogen functional groups attached to an aromatic ring is 1. The second-order valence-electron chi connectivity index (χ2n) is 8.81. The van der Waals surface area contributed by atoms with Gasteiger partial charge in [0.15, 0.2) is 0 Å². The number of amides is 2. The number of nitrogens with zero attached hydrogens (tertiary/aromatic N) is 3. The molecule has 0 fully saturated rings. The Labute approximate surface area is 199 Å². The van der Waals surface area contributed by atoms with Crippen LogP contribution >= 0.6 is 11.6 Å². The molecular formula is C24H30ClN7O. The number of hydrogen-bond acceptors (Lipinski definition) is 6. The zero-order valence-electron chi connectivity index (χ0n) is 19.4. The summed E-state index contributed by atoms with van der Waals surface area (Å²) in [6.07, 6.45) is 3.29. The largest absolute Gasteiger partial charge is 0.370 e. The van der Waals surface area contributed by atoms with Gasteiger partial charge >= 0.3 is 6.03 Å². The summed E-state index contributed by atoms with van der Waals surface area (Å²) >= 11 is 6.24. The number of rotatable bonds is 7. The van der Waals surface area contributed by atoms with Crippen LogP contribution in [-0.2, 0) is 6.42 Å². The summed E-state index contributed by atoms with van der Waals surface area (Å²) in [6.45, 7) is 8.43. The highest BCUT2D eigenvalue weighted by Crippen LogP contribution is 2.28. The van der Waals surface area contributed by atoms with Crippen LogP contribution in [0, 0.1) is 6.92 Å². The van der Waals surface area contributed by atoms with E-state index in [1.807, 2.05) is 64.1 Å². The molecule has 0 radical (unpaired) electrons. The molecule has 0 aliphatic carbocycles. The van der Waals surface area contributed by atoms with Gasteiger partial charge in [-0.3, -0.25) is 4.98 Å². The average molecular weight is 468 g/mol. The van der Waals surface area contributed by atoms with Crippen molar-refractivity contribution in [3.8, 4) is 11.3 Å². The van der Waals surface area contributed by atoms with Gasteiger partial charge < -0.3 is 21.7 Å². The maximum Gasteiger partial charge on any atom is 0.319 e. The van der Waals surface area contributed by atoms with Crippen molar-refractivity contribution in [2.45, 2.75) is 46.1 Å². The van der Waals surface area contributed by atoms with Crippen LogP contribution in [0.5, 0.6) is 0 Å². The van der Waals surface area contributed by atoms with Gasteiger partial charge in [0.1, 0.15) is 5.82 Å². The molecule has 0 spiro atoms. The zero-order chi connectivity index (χ0) is 24.0. The quantitative estimate of drug-likeness (QED) is 0.361. The fourth-order valence-electron chi connectivity index (χ4n) is 3.21. The van der Waals surface area contributed by atoms with Crippen LogP contribution in [0.2, 0.25) is 5.02 Å².